The maximum Gasteiger partial charge on any atom is 0.223 e. The van der Waals surface area contributed by atoms with Gasteiger partial charge in [0.25, 0.3) is 0 Å². The number of Topliss-reactive ketones (excluding diaryl/α,β-unsaturated/α-hetero) is 1. The molecular formula is C29H25FN2O4. The van der Waals surface area contributed by atoms with Crippen molar-refractivity contribution >= 4 is 22.6 Å². The second-order valence-electron chi connectivity index (χ2n) is 8.68. The molecule has 1 aliphatic heterocycles. The van der Waals surface area contributed by atoms with Gasteiger partial charge in [0.15, 0.2) is 17.3 Å². The van der Waals surface area contributed by atoms with Gasteiger partial charge < -0.3 is 14.4 Å². The number of fused-ring (bicyclic) bond motifs is 2. The highest BCUT2D eigenvalue weighted by molar-refractivity contribution is 5.98. The molecule has 1 aliphatic rings. The van der Waals surface area contributed by atoms with E-state index >= 15 is 0 Å². The van der Waals surface area contributed by atoms with E-state index in [-0.39, 0.29) is 24.5 Å². The van der Waals surface area contributed by atoms with E-state index in [4.69, 9.17) is 9.47 Å². The van der Waals surface area contributed by atoms with E-state index in [1.54, 1.807) is 12.0 Å². The molecule has 2 heterocycles. The number of aromatic nitrogens is 1. The molecule has 0 bridgehead atoms. The third-order valence-electron chi connectivity index (χ3n) is 6.33. The number of halogens is 1. The molecule has 6 nitrogen and oxygen atoms in total. The summed E-state index contributed by atoms with van der Waals surface area (Å²) in [5.74, 6) is 0.477. The zero-order valence-electron chi connectivity index (χ0n) is 19.9. The summed E-state index contributed by atoms with van der Waals surface area (Å²) in [6, 6.07) is 19.3. The fraction of sp³-hybridized carbons (Fsp3) is 0.207. The highest BCUT2D eigenvalue weighted by atomic mass is 19.1. The number of methoxy groups -OCH3 is 1. The molecule has 0 fully saturated rings. The number of carbonyl (C=O) groups excluding carboxylic acids is 2. The van der Waals surface area contributed by atoms with E-state index in [0.717, 1.165) is 27.6 Å². The van der Waals surface area contributed by atoms with Crippen LogP contribution in [0.2, 0.25) is 0 Å². The number of pyridine rings is 1. The molecule has 3 aromatic carbocycles. The Kier molecular flexibility index (Phi) is 6.62. The summed E-state index contributed by atoms with van der Waals surface area (Å²) in [5, 5.41) is 1.03. The van der Waals surface area contributed by atoms with Gasteiger partial charge >= 0.3 is 0 Å². The molecule has 0 unspecified atom stereocenters. The van der Waals surface area contributed by atoms with Crippen LogP contribution in [-0.2, 0) is 11.3 Å². The summed E-state index contributed by atoms with van der Waals surface area (Å²) >= 11 is 0. The Morgan fingerprint density at radius 2 is 1.83 bits per heavy atom. The highest BCUT2D eigenvalue weighted by Crippen LogP contribution is 2.38. The van der Waals surface area contributed by atoms with Gasteiger partial charge in [-0.25, -0.2) is 4.39 Å². The predicted octanol–water partition coefficient (Wildman–Crippen LogP) is 5.43. The number of nitrogens with zero attached hydrogens (tertiary/aromatic N) is 2. The van der Waals surface area contributed by atoms with Crippen LogP contribution in [0.1, 0.15) is 28.8 Å². The number of hydrogen-bond donors (Lipinski definition) is 0. The first-order valence-corrected chi connectivity index (χ1v) is 11.8. The van der Waals surface area contributed by atoms with Gasteiger partial charge in [0, 0.05) is 47.7 Å². The smallest absolute Gasteiger partial charge is 0.223 e. The lowest BCUT2D eigenvalue weighted by Crippen LogP contribution is -2.32. The first-order chi connectivity index (χ1) is 17.5. The summed E-state index contributed by atoms with van der Waals surface area (Å²) < 4.78 is 24.7. The molecule has 0 spiro atoms. The number of hydrogen-bond acceptors (Lipinski definition) is 5. The number of para-hydroxylation sites is 1. The molecule has 36 heavy (non-hydrogen) atoms. The molecule has 0 saturated carbocycles. The normalized spacial score (nSPS) is 13.0. The van der Waals surface area contributed by atoms with Crippen LogP contribution < -0.4 is 9.47 Å². The van der Waals surface area contributed by atoms with E-state index in [1.165, 1.54) is 24.3 Å². The lowest BCUT2D eigenvalue weighted by atomic mass is 10.0. The van der Waals surface area contributed by atoms with Gasteiger partial charge in [-0.2, -0.15) is 0 Å². The van der Waals surface area contributed by atoms with Crippen molar-refractivity contribution in [2.75, 3.05) is 20.3 Å². The minimum atomic E-state index is -0.403. The van der Waals surface area contributed by atoms with Crippen LogP contribution in [0.3, 0.4) is 0 Å². The van der Waals surface area contributed by atoms with Gasteiger partial charge in [0.2, 0.25) is 5.91 Å². The quantitative estimate of drug-likeness (QED) is 0.341. The van der Waals surface area contributed by atoms with Crippen LogP contribution in [0, 0.1) is 5.82 Å². The van der Waals surface area contributed by atoms with Crippen molar-refractivity contribution in [1.82, 2.24) is 9.88 Å². The van der Waals surface area contributed by atoms with Crippen molar-refractivity contribution in [2.45, 2.75) is 19.4 Å². The van der Waals surface area contributed by atoms with Crippen molar-refractivity contribution in [3.8, 4) is 22.6 Å². The minimum absolute atomic E-state index is 0.0563. The number of rotatable bonds is 6. The SMILES string of the molecule is COc1cc(-c2cnc3ccccc3c2)cc2c1OCCN(C(=O)CCC(=O)c1ccc(F)cc1)C2. The summed E-state index contributed by atoms with van der Waals surface area (Å²) in [7, 11) is 1.59. The average Bonchev–Trinajstić information content (AvgIpc) is 3.14. The molecule has 0 N–H and O–H groups in total. The van der Waals surface area contributed by atoms with Gasteiger partial charge in [-0.15, -0.1) is 0 Å². The second kappa shape index (κ2) is 10.2. The van der Waals surface area contributed by atoms with E-state index in [1.807, 2.05) is 42.6 Å². The maximum atomic E-state index is 13.1. The molecule has 4 aromatic rings. The summed E-state index contributed by atoms with van der Waals surface area (Å²) in [6.07, 6.45) is 1.95. The van der Waals surface area contributed by atoms with Crippen LogP contribution in [-0.4, -0.2) is 41.8 Å². The molecule has 182 valence electrons. The van der Waals surface area contributed by atoms with Crippen LogP contribution in [0.5, 0.6) is 11.5 Å². The Balaban J connectivity index is 1.36. The van der Waals surface area contributed by atoms with E-state index in [2.05, 4.69) is 11.1 Å². The van der Waals surface area contributed by atoms with Crippen LogP contribution in [0.25, 0.3) is 22.0 Å². The third kappa shape index (κ3) is 4.91. The van der Waals surface area contributed by atoms with Crippen LogP contribution in [0.4, 0.5) is 4.39 Å². The molecular weight excluding hydrogens is 459 g/mol. The van der Waals surface area contributed by atoms with E-state index in [0.29, 0.717) is 36.8 Å². The van der Waals surface area contributed by atoms with Gasteiger partial charge in [-0.3, -0.25) is 14.6 Å². The lowest BCUT2D eigenvalue weighted by Gasteiger charge is -2.20. The first kappa shape index (κ1) is 23.5. The molecule has 0 radical (unpaired) electrons. The van der Waals surface area contributed by atoms with Gasteiger partial charge in [-0.05, 0) is 54.1 Å². The van der Waals surface area contributed by atoms with Crippen molar-refractivity contribution in [3.63, 3.8) is 0 Å². The second-order valence-corrected chi connectivity index (χ2v) is 8.68. The van der Waals surface area contributed by atoms with Gasteiger partial charge in [-0.1, -0.05) is 18.2 Å². The molecule has 0 aliphatic carbocycles. The number of benzene rings is 3. The van der Waals surface area contributed by atoms with E-state index in [9.17, 15) is 14.0 Å². The van der Waals surface area contributed by atoms with Crippen molar-refractivity contribution in [2.24, 2.45) is 0 Å². The molecule has 7 heteroatoms. The lowest BCUT2D eigenvalue weighted by molar-refractivity contribution is -0.131. The molecule has 0 atom stereocenters. The summed E-state index contributed by atoms with van der Waals surface area (Å²) in [6.45, 7) is 1.05. The van der Waals surface area contributed by atoms with Gasteiger partial charge in [0.05, 0.1) is 19.2 Å². The van der Waals surface area contributed by atoms with Crippen molar-refractivity contribution in [3.05, 3.63) is 89.9 Å². The zero-order valence-corrected chi connectivity index (χ0v) is 19.9. The van der Waals surface area contributed by atoms with Crippen molar-refractivity contribution in [1.29, 1.82) is 0 Å². The fourth-order valence-electron chi connectivity index (χ4n) is 4.40. The Hall–Kier alpha value is -4.26. The number of amides is 1. The Bertz CT molecular complexity index is 1440. The highest BCUT2D eigenvalue weighted by Gasteiger charge is 2.24. The Labute approximate surface area is 208 Å². The Morgan fingerprint density at radius 3 is 2.64 bits per heavy atom. The minimum Gasteiger partial charge on any atom is -0.493 e. The van der Waals surface area contributed by atoms with Crippen molar-refractivity contribution < 1.29 is 23.5 Å². The summed E-state index contributed by atoms with van der Waals surface area (Å²) in [5.41, 5.74) is 3.98. The number of carbonyl (C=O) groups is 2. The monoisotopic (exact) mass is 484 g/mol. The molecule has 0 saturated heterocycles. The largest absolute Gasteiger partial charge is 0.493 e. The number of ketones is 1. The van der Waals surface area contributed by atoms with Crippen LogP contribution in [0.15, 0.2) is 72.9 Å². The molecule has 1 aromatic heterocycles. The fourth-order valence-corrected chi connectivity index (χ4v) is 4.40. The topological polar surface area (TPSA) is 68.7 Å². The van der Waals surface area contributed by atoms with Crippen LogP contribution >= 0.6 is 0 Å². The summed E-state index contributed by atoms with van der Waals surface area (Å²) in [4.78, 5) is 31.7. The standard InChI is InChI=1S/C29H25FN2O4/c1-35-27-16-21(22-14-20-4-2-3-5-25(20)31-17-22)15-23-18-32(12-13-36-29(23)27)28(34)11-10-26(33)19-6-8-24(30)9-7-19/h2-9,14-17H,10-13,18H2,1H3. The Morgan fingerprint density at radius 1 is 1.03 bits per heavy atom. The molecule has 1 amide bonds. The average molecular weight is 485 g/mol. The molecule has 5 rings (SSSR count). The number of ether oxygens (including phenoxy) is 2. The first-order valence-electron chi connectivity index (χ1n) is 11.8. The van der Waals surface area contributed by atoms with Gasteiger partial charge in [0.1, 0.15) is 12.4 Å². The third-order valence-corrected chi connectivity index (χ3v) is 6.33. The zero-order chi connectivity index (χ0) is 25.1. The van der Waals surface area contributed by atoms with E-state index < -0.39 is 5.82 Å². The predicted molar refractivity (Wildman–Crippen MR) is 135 cm³/mol. The maximum absolute atomic E-state index is 13.1.